The highest BCUT2D eigenvalue weighted by Crippen LogP contribution is 2.21. The van der Waals surface area contributed by atoms with Crippen LogP contribution in [0.1, 0.15) is 38.5 Å². The molecule has 0 spiro atoms. The normalized spacial score (nSPS) is 15.5. The third-order valence-corrected chi connectivity index (χ3v) is 5.26. The zero-order valence-corrected chi connectivity index (χ0v) is 15.5. The molecule has 1 aromatic heterocycles. The Balaban J connectivity index is 1.46. The van der Waals surface area contributed by atoms with Crippen molar-refractivity contribution in [2.45, 2.75) is 51.1 Å². The molecule has 1 aliphatic carbocycles. The van der Waals surface area contributed by atoms with Crippen molar-refractivity contribution in [2.24, 2.45) is 0 Å². The van der Waals surface area contributed by atoms with Gasteiger partial charge in [-0.1, -0.05) is 31.4 Å². The van der Waals surface area contributed by atoms with E-state index in [-0.39, 0.29) is 17.9 Å². The summed E-state index contributed by atoms with van der Waals surface area (Å²) in [6.45, 7) is 1.79. The van der Waals surface area contributed by atoms with Crippen LogP contribution in [0.4, 0.5) is 0 Å². The van der Waals surface area contributed by atoms with Crippen LogP contribution in [0.25, 0.3) is 10.9 Å². The fourth-order valence-corrected chi connectivity index (χ4v) is 3.74. The second-order valence-electron chi connectivity index (χ2n) is 7.16. The molecule has 0 atom stereocenters. The maximum Gasteiger partial charge on any atom is 0.241 e. The molecule has 2 aromatic rings. The van der Waals surface area contributed by atoms with Gasteiger partial charge in [-0.3, -0.25) is 14.3 Å². The SMILES string of the molecule is CN(CCCNC(=O)Cn1ncc(=O)c2ccccc21)C1CCCCC1. The predicted molar refractivity (Wildman–Crippen MR) is 103 cm³/mol. The van der Waals surface area contributed by atoms with Crippen molar-refractivity contribution >= 4 is 16.8 Å². The van der Waals surface area contributed by atoms with E-state index in [2.05, 4.69) is 22.4 Å². The van der Waals surface area contributed by atoms with E-state index in [0.29, 0.717) is 23.5 Å². The summed E-state index contributed by atoms with van der Waals surface area (Å²) < 4.78 is 1.58. The summed E-state index contributed by atoms with van der Waals surface area (Å²) in [5.74, 6) is -0.0772. The van der Waals surface area contributed by atoms with Crippen LogP contribution in [0.5, 0.6) is 0 Å². The van der Waals surface area contributed by atoms with Crippen molar-refractivity contribution in [3.63, 3.8) is 0 Å². The monoisotopic (exact) mass is 356 g/mol. The fraction of sp³-hybridized carbons (Fsp3) is 0.550. The first-order valence-electron chi connectivity index (χ1n) is 9.57. The summed E-state index contributed by atoms with van der Waals surface area (Å²) in [4.78, 5) is 26.5. The van der Waals surface area contributed by atoms with Crippen LogP contribution in [-0.4, -0.2) is 46.8 Å². The zero-order valence-electron chi connectivity index (χ0n) is 15.5. The quantitative estimate of drug-likeness (QED) is 0.772. The van der Waals surface area contributed by atoms with E-state index in [9.17, 15) is 9.59 Å². The minimum absolute atomic E-state index is 0.0772. The number of para-hydroxylation sites is 1. The van der Waals surface area contributed by atoms with Crippen molar-refractivity contribution in [1.29, 1.82) is 0 Å². The van der Waals surface area contributed by atoms with Crippen molar-refractivity contribution < 1.29 is 4.79 Å². The summed E-state index contributed by atoms with van der Waals surface area (Å²) >= 11 is 0. The molecule has 6 heteroatoms. The first-order chi connectivity index (χ1) is 12.6. The van der Waals surface area contributed by atoms with E-state index in [1.165, 1.54) is 38.3 Å². The maximum absolute atomic E-state index is 12.2. The second-order valence-corrected chi connectivity index (χ2v) is 7.16. The van der Waals surface area contributed by atoms with E-state index in [4.69, 9.17) is 0 Å². The Morgan fingerprint density at radius 3 is 2.85 bits per heavy atom. The van der Waals surface area contributed by atoms with Gasteiger partial charge in [0, 0.05) is 18.0 Å². The molecule has 1 heterocycles. The number of carbonyl (C=O) groups excluding carboxylic acids is 1. The lowest BCUT2D eigenvalue weighted by Crippen LogP contribution is -2.36. The van der Waals surface area contributed by atoms with E-state index in [0.717, 1.165) is 13.0 Å². The average Bonchev–Trinajstić information content (AvgIpc) is 2.68. The summed E-state index contributed by atoms with van der Waals surface area (Å²) in [5, 5.41) is 7.65. The molecule has 1 amide bonds. The molecular formula is C20H28N4O2. The van der Waals surface area contributed by atoms with Gasteiger partial charge in [0.15, 0.2) is 0 Å². The minimum Gasteiger partial charge on any atom is -0.354 e. The highest BCUT2D eigenvalue weighted by molar-refractivity contribution is 5.81. The van der Waals surface area contributed by atoms with E-state index < -0.39 is 0 Å². The van der Waals surface area contributed by atoms with E-state index >= 15 is 0 Å². The van der Waals surface area contributed by atoms with E-state index in [1.807, 2.05) is 18.2 Å². The lowest BCUT2D eigenvalue weighted by atomic mass is 9.94. The van der Waals surface area contributed by atoms with Crippen molar-refractivity contribution in [3.8, 4) is 0 Å². The van der Waals surface area contributed by atoms with Gasteiger partial charge in [-0.15, -0.1) is 0 Å². The molecular weight excluding hydrogens is 328 g/mol. The molecule has 3 rings (SSSR count). The summed E-state index contributed by atoms with van der Waals surface area (Å²) in [7, 11) is 2.19. The number of hydrogen-bond donors (Lipinski definition) is 1. The van der Waals surface area contributed by atoms with Crippen LogP contribution in [0.15, 0.2) is 35.3 Å². The number of nitrogens with zero attached hydrogens (tertiary/aromatic N) is 3. The molecule has 1 N–H and O–H groups in total. The highest BCUT2D eigenvalue weighted by Gasteiger charge is 2.17. The van der Waals surface area contributed by atoms with Gasteiger partial charge in [-0.2, -0.15) is 5.10 Å². The predicted octanol–water partition coefficient (Wildman–Crippen LogP) is 2.17. The highest BCUT2D eigenvalue weighted by atomic mass is 16.2. The Kier molecular flexibility index (Phi) is 6.39. The average molecular weight is 356 g/mol. The van der Waals surface area contributed by atoms with Crippen LogP contribution < -0.4 is 10.7 Å². The molecule has 0 saturated heterocycles. The molecule has 0 bridgehead atoms. The van der Waals surface area contributed by atoms with Gasteiger partial charge in [-0.05, 0) is 45.0 Å². The first kappa shape index (κ1) is 18.6. The van der Waals surface area contributed by atoms with Gasteiger partial charge in [0.25, 0.3) is 0 Å². The Morgan fingerprint density at radius 2 is 2.04 bits per heavy atom. The molecule has 0 radical (unpaired) electrons. The molecule has 1 fully saturated rings. The molecule has 26 heavy (non-hydrogen) atoms. The van der Waals surface area contributed by atoms with Gasteiger partial charge in [0.1, 0.15) is 6.54 Å². The minimum atomic E-state index is -0.122. The van der Waals surface area contributed by atoms with Crippen LogP contribution in [-0.2, 0) is 11.3 Å². The lowest BCUT2D eigenvalue weighted by Gasteiger charge is -2.31. The zero-order chi connectivity index (χ0) is 18.4. The summed E-state index contributed by atoms with van der Waals surface area (Å²) in [6, 6.07) is 7.94. The Hall–Kier alpha value is -2.21. The second kappa shape index (κ2) is 8.94. The van der Waals surface area contributed by atoms with Crippen LogP contribution >= 0.6 is 0 Å². The van der Waals surface area contributed by atoms with Gasteiger partial charge in [0.2, 0.25) is 11.3 Å². The number of aromatic nitrogens is 2. The first-order valence-corrected chi connectivity index (χ1v) is 9.57. The smallest absolute Gasteiger partial charge is 0.241 e. The lowest BCUT2D eigenvalue weighted by molar-refractivity contribution is -0.121. The van der Waals surface area contributed by atoms with Gasteiger partial charge >= 0.3 is 0 Å². The topological polar surface area (TPSA) is 67.2 Å². The van der Waals surface area contributed by atoms with Crippen LogP contribution in [0.3, 0.4) is 0 Å². The number of rotatable bonds is 7. The Bertz CT molecular complexity index is 796. The van der Waals surface area contributed by atoms with Crippen molar-refractivity contribution in [3.05, 3.63) is 40.7 Å². The third kappa shape index (κ3) is 4.69. The number of benzene rings is 1. The van der Waals surface area contributed by atoms with Gasteiger partial charge in [0.05, 0.1) is 11.7 Å². The number of carbonyl (C=O) groups is 1. The molecule has 1 aliphatic rings. The van der Waals surface area contributed by atoms with Crippen LogP contribution in [0.2, 0.25) is 0 Å². The number of amides is 1. The molecule has 0 unspecified atom stereocenters. The van der Waals surface area contributed by atoms with E-state index in [1.54, 1.807) is 10.7 Å². The van der Waals surface area contributed by atoms with Crippen LogP contribution in [0, 0.1) is 0 Å². The maximum atomic E-state index is 12.2. The summed E-state index contributed by atoms with van der Waals surface area (Å²) in [5.41, 5.74) is 0.565. The number of hydrogen-bond acceptors (Lipinski definition) is 4. The molecule has 1 saturated carbocycles. The molecule has 0 aliphatic heterocycles. The molecule has 140 valence electrons. The number of nitrogens with one attached hydrogen (secondary N) is 1. The summed E-state index contributed by atoms with van der Waals surface area (Å²) in [6.07, 6.45) is 8.86. The molecule has 1 aromatic carbocycles. The third-order valence-electron chi connectivity index (χ3n) is 5.26. The fourth-order valence-electron chi connectivity index (χ4n) is 3.74. The standard InChI is InChI=1S/C20H28N4O2/c1-23(16-8-3-2-4-9-16)13-7-12-21-20(26)15-24-18-11-6-5-10-17(18)19(25)14-22-24/h5-6,10-11,14,16H,2-4,7-9,12-13,15H2,1H3,(H,21,26). The van der Waals surface area contributed by atoms with Gasteiger partial charge < -0.3 is 10.2 Å². The number of fused-ring (bicyclic) bond motifs is 1. The Morgan fingerprint density at radius 1 is 1.27 bits per heavy atom. The largest absolute Gasteiger partial charge is 0.354 e. The van der Waals surface area contributed by atoms with Crippen molar-refractivity contribution in [2.75, 3.05) is 20.1 Å². The van der Waals surface area contributed by atoms with Gasteiger partial charge in [-0.25, -0.2) is 0 Å². The molecule has 6 nitrogen and oxygen atoms in total. The van der Waals surface area contributed by atoms with Crippen molar-refractivity contribution in [1.82, 2.24) is 20.0 Å². The Labute approximate surface area is 154 Å².